The summed E-state index contributed by atoms with van der Waals surface area (Å²) in [6.07, 6.45) is 1.75. The van der Waals surface area contributed by atoms with Crippen molar-refractivity contribution in [1.82, 2.24) is 5.32 Å². The molecule has 0 saturated heterocycles. The van der Waals surface area contributed by atoms with E-state index < -0.39 is 5.72 Å². The fourth-order valence-electron chi connectivity index (χ4n) is 3.30. The number of hydrogen-bond donors (Lipinski definition) is 2. The minimum Gasteiger partial charge on any atom is -0.497 e. The SMILES string of the molecule is COc1ccc(C2=CO[C@@](c3ccc(N)cc3)(c3ccc(OC)cc3)N2)cc1. The maximum absolute atomic E-state index is 6.26. The highest BCUT2D eigenvalue weighted by Crippen LogP contribution is 2.39. The van der Waals surface area contributed by atoms with Gasteiger partial charge in [-0.2, -0.15) is 0 Å². The van der Waals surface area contributed by atoms with E-state index in [9.17, 15) is 0 Å². The minimum absolute atomic E-state index is 0.704. The van der Waals surface area contributed by atoms with Gasteiger partial charge in [0.25, 0.3) is 0 Å². The Morgan fingerprint density at radius 1 is 0.750 bits per heavy atom. The van der Waals surface area contributed by atoms with E-state index in [1.54, 1.807) is 20.5 Å². The Kier molecular flexibility index (Phi) is 4.57. The quantitative estimate of drug-likeness (QED) is 0.658. The molecule has 5 heteroatoms. The van der Waals surface area contributed by atoms with Gasteiger partial charge in [-0.25, -0.2) is 0 Å². The summed E-state index contributed by atoms with van der Waals surface area (Å²) in [5, 5.41) is 3.56. The predicted molar refractivity (Wildman–Crippen MR) is 110 cm³/mol. The standard InChI is InChI=1S/C23H22N2O3/c1-26-20-11-3-16(4-12-20)22-15-28-23(25-22,17-5-9-19(24)10-6-17)18-7-13-21(27-2)14-8-18/h3-15,25H,24H2,1-2H3/t23-/m0/s1. The number of benzene rings is 3. The predicted octanol–water partition coefficient (Wildman–Crippen LogP) is 4.11. The largest absolute Gasteiger partial charge is 0.497 e. The smallest absolute Gasteiger partial charge is 0.232 e. The Labute approximate surface area is 164 Å². The molecule has 5 nitrogen and oxygen atoms in total. The third kappa shape index (κ3) is 3.11. The van der Waals surface area contributed by atoms with Crippen LogP contribution in [-0.4, -0.2) is 14.2 Å². The number of anilines is 1. The van der Waals surface area contributed by atoms with Crippen LogP contribution in [0.2, 0.25) is 0 Å². The highest BCUT2D eigenvalue weighted by atomic mass is 16.5. The zero-order valence-corrected chi connectivity index (χ0v) is 15.8. The number of hydrogen-bond acceptors (Lipinski definition) is 5. The number of methoxy groups -OCH3 is 2. The van der Waals surface area contributed by atoms with Crippen LogP contribution in [0.15, 0.2) is 79.1 Å². The van der Waals surface area contributed by atoms with Crippen molar-refractivity contribution in [2.45, 2.75) is 5.72 Å². The number of nitrogens with one attached hydrogen (secondary N) is 1. The van der Waals surface area contributed by atoms with Gasteiger partial charge >= 0.3 is 0 Å². The molecule has 1 aliphatic heterocycles. The first-order chi connectivity index (χ1) is 13.6. The Morgan fingerprint density at radius 3 is 1.79 bits per heavy atom. The summed E-state index contributed by atoms with van der Waals surface area (Å²) in [4.78, 5) is 0. The van der Waals surface area contributed by atoms with Gasteiger partial charge in [-0.1, -0.05) is 12.1 Å². The van der Waals surface area contributed by atoms with Gasteiger partial charge in [-0.15, -0.1) is 0 Å². The fourth-order valence-corrected chi connectivity index (χ4v) is 3.30. The minimum atomic E-state index is -0.852. The van der Waals surface area contributed by atoms with Gasteiger partial charge in [0.05, 0.1) is 19.9 Å². The summed E-state index contributed by atoms with van der Waals surface area (Å²) in [5.74, 6) is 1.60. The van der Waals surface area contributed by atoms with Crippen molar-refractivity contribution in [2.75, 3.05) is 20.0 Å². The molecule has 3 aromatic carbocycles. The molecule has 28 heavy (non-hydrogen) atoms. The first-order valence-corrected chi connectivity index (χ1v) is 8.96. The lowest BCUT2D eigenvalue weighted by Gasteiger charge is -2.31. The average Bonchev–Trinajstić information content (AvgIpc) is 3.21. The van der Waals surface area contributed by atoms with E-state index in [1.807, 2.05) is 72.8 Å². The third-order valence-corrected chi connectivity index (χ3v) is 4.88. The Bertz CT molecular complexity index is 980. The van der Waals surface area contributed by atoms with E-state index in [4.69, 9.17) is 19.9 Å². The topological polar surface area (TPSA) is 65.7 Å². The van der Waals surface area contributed by atoms with Crippen molar-refractivity contribution < 1.29 is 14.2 Å². The van der Waals surface area contributed by atoms with Gasteiger partial charge in [0.1, 0.15) is 17.8 Å². The second kappa shape index (κ2) is 7.19. The van der Waals surface area contributed by atoms with E-state index in [0.29, 0.717) is 5.69 Å². The van der Waals surface area contributed by atoms with Crippen LogP contribution in [0.25, 0.3) is 5.70 Å². The van der Waals surface area contributed by atoms with E-state index >= 15 is 0 Å². The molecule has 0 saturated carbocycles. The van der Waals surface area contributed by atoms with Crippen LogP contribution in [0.5, 0.6) is 11.5 Å². The highest BCUT2D eigenvalue weighted by molar-refractivity contribution is 5.67. The maximum Gasteiger partial charge on any atom is 0.232 e. The zero-order chi connectivity index (χ0) is 19.6. The van der Waals surface area contributed by atoms with Crippen LogP contribution in [0.1, 0.15) is 16.7 Å². The van der Waals surface area contributed by atoms with Crippen molar-refractivity contribution in [1.29, 1.82) is 0 Å². The first-order valence-electron chi connectivity index (χ1n) is 8.96. The molecular weight excluding hydrogens is 352 g/mol. The van der Waals surface area contributed by atoms with Crippen LogP contribution < -0.4 is 20.5 Å². The molecule has 4 rings (SSSR count). The van der Waals surface area contributed by atoms with Crippen LogP contribution in [0, 0.1) is 0 Å². The Hall–Kier alpha value is -3.60. The highest BCUT2D eigenvalue weighted by Gasteiger charge is 2.40. The Morgan fingerprint density at radius 2 is 1.25 bits per heavy atom. The maximum atomic E-state index is 6.26. The van der Waals surface area contributed by atoms with Crippen molar-refractivity contribution in [2.24, 2.45) is 0 Å². The molecule has 0 amide bonds. The summed E-state index contributed by atoms with van der Waals surface area (Å²) < 4.78 is 16.8. The number of nitrogen functional groups attached to an aromatic ring is 1. The lowest BCUT2D eigenvalue weighted by molar-refractivity contribution is 0.0631. The summed E-state index contributed by atoms with van der Waals surface area (Å²) in [6.45, 7) is 0. The molecule has 142 valence electrons. The summed E-state index contributed by atoms with van der Waals surface area (Å²) in [6, 6.07) is 23.4. The van der Waals surface area contributed by atoms with Crippen molar-refractivity contribution >= 4 is 11.4 Å². The summed E-state index contributed by atoms with van der Waals surface area (Å²) in [5.41, 5.74) is 9.54. The molecule has 0 unspecified atom stereocenters. The van der Waals surface area contributed by atoms with E-state index in [0.717, 1.165) is 33.9 Å². The molecule has 1 heterocycles. The molecule has 0 aliphatic carbocycles. The lowest BCUT2D eigenvalue weighted by atomic mass is 9.93. The first kappa shape index (κ1) is 17.8. The molecule has 0 spiro atoms. The van der Waals surface area contributed by atoms with E-state index in [1.165, 1.54) is 0 Å². The van der Waals surface area contributed by atoms with Gasteiger partial charge in [0.2, 0.25) is 5.72 Å². The fraction of sp³-hybridized carbons (Fsp3) is 0.130. The number of rotatable bonds is 5. The molecular formula is C23H22N2O3. The van der Waals surface area contributed by atoms with Crippen molar-refractivity contribution in [3.05, 3.63) is 95.7 Å². The van der Waals surface area contributed by atoms with Gasteiger partial charge < -0.3 is 25.3 Å². The Balaban J connectivity index is 1.73. The lowest BCUT2D eigenvalue weighted by Crippen LogP contribution is -2.40. The van der Waals surface area contributed by atoms with Gasteiger partial charge in [-0.3, -0.25) is 0 Å². The van der Waals surface area contributed by atoms with E-state index in [2.05, 4.69) is 5.32 Å². The van der Waals surface area contributed by atoms with Crippen molar-refractivity contribution in [3.8, 4) is 11.5 Å². The zero-order valence-electron chi connectivity index (χ0n) is 15.8. The van der Waals surface area contributed by atoms with Crippen LogP contribution >= 0.6 is 0 Å². The molecule has 3 N–H and O–H groups in total. The van der Waals surface area contributed by atoms with Gasteiger partial charge in [0.15, 0.2) is 0 Å². The molecule has 1 aliphatic rings. The second-order valence-electron chi connectivity index (χ2n) is 6.53. The molecule has 0 radical (unpaired) electrons. The van der Waals surface area contributed by atoms with Crippen molar-refractivity contribution in [3.63, 3.8) is 0 Å². The third-order valence-electron chi connectivity index (χ3n) is 4.88. The van der Waals surface area contributed by atoms with E-state index in [-0.39, 0.29) is 0 Å². The molecule has 1 atom stereocenters. The molecule has 0 aromatic heterocycles. The van der Waals surface area contributed by atoms with Crippen LogP contribution in [-0.2, 0) is 10.5 Å². The normalized spacial score (nSPS) is 18.0. The molecule has 0 fully saturated rings. The number of nitrogens with two attached hydrogens (primary N) is 1. The molecule has 0 bridgehead atoms. The number of ether oxygens (including phenoxy) is 3. The average molecular weight is 374 g/mol. The van der Waals surface area contributed by atoms with Crippen LogP contribution in [0.3, 0.4) is 0 Å². The monoisotopic (exact) mass is 374 g/mol. The second-order valence-corrected chi connectivity index (χ2v) is 6.53. The molecule has 3 aromatic rings. The summed E-state index contributed by atoms with van der Waals surface area (Å²) in [7, 11) is 3.30. The van der Waals surface area contributed by atoms with Crippen LogP contribution in [0.4, 0.5) is 5.69 Å². The summed E-state index contributed by atoms with van der Waals surface area (Å²) >= 11 is 0. The van der Waals surface area contributed by atoms with Gasteiger partial charge in [0, 0.05) is 22.4 Å². The van der Waals surface area contributed by atoms with Gasteiger partial charge in [-0.05, 0) is 60.7 Å².